The normalized spacial score (nSPS) is 21.7. The lowest BCUT2D eigenvalue weighted by molar-refractivity contribution is -0.117. The second kappa shape index (κ2) is 3.51. The van der Waals surface area contributed by atoms with Gasteiger partial charge in [-0.05, 0) is 0 Å². The van der Waals surface area contributed by atoms with Gasteiger partial charge in [0.05, 0.1) is 12.4 Å². The minimum absolute atomic E-state index is 0.0193. The van der Waals surface area contributed by atoms with E-state index in [9.17, 15) is 4.79 Å². The summed E-state index contributed by atoms with van der Waals surface area (Å²) in [6.45, 7) is 0.495. The van der Waals surface area contributed by atoms with Crippen LogP contribution in [0.5, 0.6) is 0 Å². The molecule has 1 aromatic rings. The quantitative estimate of drug-likeness (QED) is 0.722. The lowest BCUT2D eigenvalue weighted by Crippen LogP contribution is -2.28. The Bertz CT molecular complexity index is 353. The number of nitrogens with two attached hydrogens (primary N) is 1. The van der Waals surface area contributed by atoms with Crippen LogP contribution in [0.15, 0.2) is 12.4 Å². The van der Waals surface area contributed by atoms with Crippen LogP contribution in [0.3, 0.4) is 0 Å². The van der Waals surface area contributed by atoms with E-state index >= 15 is 0 Å². The van der Waals surface area contributed by atoms with E-state index in [4.69, 9.17) is 17.3 Å². The maximum Gasteiger partial charge on any atom is 0.229 e. The molecule has 14 heavy (non-hydrogen) atoms. The van der Waals surface area contributed by atoms with Gasteiger partial charge in [-0.1, -0.05) is 11.6 Å². The van der Waals surface area contributed by atoms with Crippen molar-refractivity contribution in [2.45, 2.75) is 12.5 Å². The Kier molecular flexibility index (Phi) is 2.35. The van der Waals surface area contributed by atoms with Crippen LogP contribution in [-0.4, -0.2) is 28.5 Å². The highest BCUT2D eigenvalue weighted by atomic mass is 35.5. The molecule has 0 aromatic carbocycles. The maximum absolute atomic E-state index is 11.4. The van der Waals surface area contributed by atoms with Crippen molar-refractivity contribution < 1.29 is 4.79 Å². The van der Waals surface area contributed by atoms with E-state index in [1.165, 1.54) is 17.3 Å². The fraction of sp³-hybridized carbons (Fsp3) is 0.375. The third kappa shape index (κ3) is 1.69. The topological polar surface area (TPSA) is 72.1 Å². The third-order valence-corrected chi connectivity index (χ3v) is 2.23. The first-order valence-electron chi connectivity index (χ1n) is 4.20. The molecule has 0 spiro atoms. The first-order chi connectivity index (χ1) is 6.66. The molecule has 5 nitrogen and oxygen atoms in total. The smallest absolute Gasteiger partial charge is 0.229 e. The van der Waals surface area contributed by atoms with Crippen LogP contribution in [0.25, 0.3) is 0 Å². The number of carbonyl (C=O) groups excluding carboxylic acids is 1. The van der Waals surface area contributed by atoms with Gasteiger partial charge >= 0.3 is 0 Å². The Morgan fingerprint density at radius 3 is 2.79 bits per heavy atom. The van der Waals surface area contributed by atoms with Gasteiger partial charge in [-0.15, -0.1) is 0 Å². The summed E-state index contributed by atoms with van der Waals surface area (Å²) in [6.07, 6.45) is 3.25. The van der Waals surface area contributed by atoms with Gasteiger partial charge in [-0.2, -0.15) is 0 Å². The van der Waals surface area contributed by atoms with E-state index in [1.807, 2.05) is 0 Å². The Morgan fingerprint density at radius 1 is 1.50 bits per heavy atom. The Hall–Kier alpha value is -1.20. The van der Waals surface area contributed by atoms with Gasteiger partial charge in [0.15, 0.2) is 5.82 Å². The lowest BCUT2D eigenvalue weighted by Gasteiger charge is -2.13. The van der Waals surface area contributed by atoms with Crippen molar-refractivity contribution in [1.29, 1.82) is 0 Å². The molecule has 0 aliphatic carbocycles. The fourth-order valence-corrected chi connectivity index (χ4v) is 1.50. The summed E-state index contributed by atoms with van der Waals surface area (Å²) < 4.78 is 0. The number of carbonyl (C=O) groups is 1. The zero-order valence-corrected chi connectivity index (χ0v) is 8.11. The molecule has 1 aromatic heterocycles. The van der Waals surface area contributed by atoms with Crippen molar-refractivity contribution in [1.82, 2.24) is 9.97 Å². The number of halogens is 1. The predicted molar refractivity (Wildman–Crippen MR) is 52.0 cm³/mol. The monoisotopic (exact) mass is 212 g/mol. The van der Waals surface area contributed by atoms with Gasteiger partial charge < -0.3 is 5.73 Å². The molecule has 2 heterocycles. The van der Waals surface area contributed by atoms with Crippen molar-refractivity contribution in [3.63, 3.8) is 0 Å². The number of amides is 1. The van der Waals surface area contributed by atoms with E-state index in [0.717, 1.165) is 0 Å². The number of aromatic nitrogens is 2. The van der Waals surface area contributed by atoms with Crippen molar-refractivity contribution in [3.8, 4) is 0 Å². The summed E-state index contributed by atoms with van der Waals surface area (Å²) in [7, 11) is 0. The van der Waals surface area contributed by atoms with Crippen LogP contribution in [0, 0.1) is 0 Å². The first kappa shape index (κ1) is 9.36. The highest BCUT2D eigenvalue weighted by molar-refractivity contribution is 6.29. The largest absolute Gasteiger partial charge is 0.326 e. The zero-order chi connectivity index (χ0) is 10.1. The molecule has 1 fully saturated rings. The molecule has 0 radical (unpaired) electrons. The van der Waals surface area contributed by atoms with E-state index in [2.05, 4.69) is 9.97 Å². The molecule has 2 N–H and O–H groups in total. The van der Waals surface area contributed by atoms with Crippen LogP contribution in [-0.2, 0) is 4.79 Å². The Labute approximate surface area is 85.9 Å². The van der Waals surface area contributed by atoms with Gasteiger partial charge in [0.1, 0.15) is 5.15 Å². The molecule has 1 amide bonds. The number of nitrogens with zero attached hydrogens (tertiary/aromatic N) is 3. The van der Waals surface area contributed by atoms with Crippen molar-refractivity contribution >= 4 is 23.3 Å². The van der Waals surface area contributed by atoms with Crippen molar-refractivity contribution in [2.75, 3.05) is 11.4 Å². The molecule has 1 atom stereocenters. The molecule has 1 aliphatic heterocycles. The third-order valence-electron chi connectivity index (χ3n) is 2.04. The molecule has 74 valence electrons. The SMILES string of the molecule is NC1CC(=O)N(c2cnc(Cl)cn2)C1. The number of rotatable bonds is 1. The Morgan fingerprint density at radius 2 is 2.29 bits per heavy atom. The second-order valence-corrected chi connectivity index (χ2v) is 3.55. The molecule has 6 heteroatoms. The minimum atomic E-state index is -0.111. The van der Waals surface area contributed by atoms with Crippen molar-refractivity contribution in [3.05, 3.63) is 17.5 Å². The average Bonchev–Trinajstić information content (AvgIpc) is 2.47. The molecular weight excluding hydrogens is 204 g/mol. The van der Waals surface area contributed by atoms with E-state index in [1.54, 1.807) is 0 Å². The van der Waals surface area contributed by atoms with E-state index in [0.29, 0.717) is 23.9 Å². The van der Waals surface area contributed by atoms with Crippen LogP contribution < -0.4 is 10.6 Å². The molecule has 0 bridgehead atoms. The highest BCUT2D eigenvalue weighted by Crippen LogP contribution is 2.17. The lowest BCUT2D eigenvalue weighted by atomic mass is 10.3. The number of anilines is 1. The average molecular weight is 213 g/mol. The summed E-state index contributed by atoms with van der Waals surface area (Å²) in [5.41, 5.74) is 5.65. The molecule has 1 aliphatic rings. The summed E-state index contributed by atoms with van der Waals surface area (Å²) in [4.78, 5) is 20.8. The van der Waals surface area contributed by atoms with Gasteiger partial charge in [0.25, 0.3) is 0 Å². The summed E-state index contributed by atoms with van der Waals surface area (Å²) in [5, 5.41) is 0.310. The predicted octanol–water partition coefficient (Wildman–Crippen LogP) is 0.194. The van der Waals surface area contributed by atoms with Crippen molar-refractivity contribution in [2.24, 2.45) is 5.73 Å². The maximum atomic E-state index is 11.4. The highest BCUT2D eigenvalue weighted by Gasteiger charge is 2.28. The van der Waals surface area contributed by atoms with Gasteiger partial charge in [0.2, 0.25) is 5.91 Å². The molecular formula is C8H9ClN4O. The van der Waals surface area contributed by atoms with E-state index < -0.39 is 0 Å². The van der Waals surface area contributed by atoms with Crippen LogP contribution in [0.4, 0.5) is 5.82 Å². The zero-order valence-electron chi connectivity index (χ0n) is 7.35. The molecule has 2 rings (SSSR count). The van der Waals surface area contributed by atoms with E-state index in [-0.39, 0.29) is 11.9 Å². The summed E-state index contributed by atoms with van der Waals surface area (Å²) in [6, 6.07) is -0.111. The van der Waals surface area contributed by atoms with Crippen LogP contribution in [0.2, 0.25) is 5.15 Å². The number of hydrogen-bond donors (Lipinski definition) is 1. The minimum Gasteiger partial charge on any atom is -0.326 e. The molecule has 1 unspecified atom stereocenters. The van der Waals surface area contributed by atoms with Gasteiger partial charge in [-0.25, -0.2) is 9.97 Å². The molecule has 1 saturated heterocycles. The second-order valence-electron chi connectivity index (χ2n) is 3.17. The standard InChI is InChI=1S/C8H9ClN4O/c9-6-2-12-7(3-11-6)13-4-5(10)1-8(13)14/h2-3,5H,1,4,10H2. The molecule has 0 saturated carbocycles. The van der Waals surface area contributed by atoms with Gasteiger partial charge in [0, 0.05) is 19.0 Å². The van der Waals surface area contributed by atoms with Crippen LogP contribution in [0.1, 0.15) is 6.42 Å². The van der Waals surface area contributed by atoms with Crippen LogP contribution >= 0.6 is 11.6 Å². The van der Waals surface area contributed by atoms with Gasteiger partial charge in [-0.3, -0.25) is 9.69 Å². The number of hydrogen-bond acceptors (Lipinski definition) is 4. The first-order valence-corrected chi connectivity index (χ1v) is 4.58. The Balaban J connectivity index is 2.23. The summed E-state index contributed by atoms with van der Waals surface area (Å²) in [5.74, 6) is 0.487. The fourth-order valence-electron chi connectivity index (χ4n) is 1.40. The summed E-state index contributed by atoms with van der Waals surface area (Å²) >= 11 is 5.58.